The molecule has 2 aliphatic heterocycles. The number of aromatic nitrogens is 2. The van der Waals surface area contributed by atoms with Gasteiger partial charge in [0.1, 0.15) is 24.1 Å². The molecule has 4 atom stereocenters. The molecule has 2 saturated heterocycles. The number of carbonyl (C=O) groups is 1. The average molecular weight is 298 g/mol. The Hall–Kier alpha value is -1.68. The fourth-order valence-electron chi connectivity index (χ4n) is 2.79. The number of primary amides is 1. The SMILES string of the molecule is CC1(C)OC2[C@@H](O1)[C@@H](CO)O[C@H]2n1cnc(C(N)=O)c1N. The number of fused-ring (bicyclic) bond motifs is 1. The molecule has 5 N–H and O–H groups in total. The zero-order valence-electron chi connectivity index (χ0n) is 11.7. The Kier molecular flexibility index (Phi) is 3.17. The largest absolute Gasteiger partial charge is 0.394 e. The number of aliphatic hydroxyl groups excluding tert-OH is 1. The predicted octanol–water partition coefficient (Wildman–Crippen LogP) is -1.03. The first-order chi connectivity index (χ1) is 9.84. The molecule has 2 aliphatic rings. The number of nitrogens with zero attached hydrogens (tertiary/aromatic N) is 2. The van der Waals surface area contributed by atoms with Gasteiger partial charge in [0.05, 0.1) is 12.9 Å². The third kappa shape index (κ3) is 2.18. The van der Waals surface area contributed by atoms with Crippen LogP contribution < -0.4 is 11.5 Å². The lowest BCUT2D eigenvalue weighted by Gasteiger charge is -2.24. The minimum atomic E-state index is -0.785. The number of imidazole rings is 1. The van der Waals surface area contributed by atoms with Gasteiger partial charge in [-0.2, -0.15) is 0 Å². The van der Waals surface area contributed by atoms with Crippen molar-refractivity contribution >= 4 is 11.7 Å². The Morgan fingerprint density at radius 2 is 2.14 bits per heavy atom. The lowest BCUT2D eigenvalue weighted by Crippen LogP contribution is -2.31. The van der Waals surface area contributed by atoms with Crippen LogP contribution in [0, 0.1) is 0 Å². The Morgan fingerprint density at radius 1 is 1.48 bits per heavy atom. The first kappa shape index (κ1) is 14.3. The minimum absolute atomic E-state index is 0.0271. The summed E-state index contributed by atoms with van der Waals surface area (Å²) in [5.74, 6) is -1.41. The molecule has 0 radical (unpaired) electrons. The third-order valence-electron chi connectivity index (χ3n) is 3.64. The number of nitrogen functional groups attached to an aromatic ring is 1. The smallest absolute Gasteiger partial charge is 0.271 e. The number of ether oxygens (including phenoxy) is 3. The molecule has 1 amide bonds. The summed E-state index contributed by atoms with van der Waals surface area (Å²) in [6.45, 7) is 3.35. The van der Waals surface area contributed by atoms with Crippen LogP contribution in [0.1, 0.15) is 30.6 Å². The van der Waals surface area contributed by atoms with Crippen LogP contribution in [0.4, 0.5) is 5.82 Å². The van der Waals surface area contributed by atoms with Gasteiger partial charge in [0.15, 0.2) is 17.7 Å². The molecule has 9 nitrogen and oxygen atoms in total. The van der Waals surface area contributed by atoms with Crippen molar-refractivity contribution in [3.05, 3.63) is 12.0 Å². The summed E-state index contributed by atoms with van der Waals surface area (Å²) in [4.78, 5) is 15.1. The number of aliphatic hydroxyl groups is 1. The summed E-state index contributed by atoms with van der Waals surface area (Å²) >= 11 is 0. The lowest BCUT2D eigenvalue weighted by atomic mass is 10.1. The highest BCUT2D eigenvalue weighted by Gasteiger charge is 2.56. The van der Waals surface area contributed by atoms with E-state index in [4.69, 9.17) is 25.7 Å². The highest BCUT2D eigenvalue weighted by atomic mass is 16.8. The molecule has 1 aromatic rings. The van der Waals surface area contributed by atoms with Crippen LogP contribution in [0.3, 0.4) is 0 Å². The van der Waals surface area contributed by atoms with Crippen LogP contribution in [0.2, 0.25) is 0 Å². The first-order valence-electron chi connectivity index (χ1n) is 6.58. The molecule has 3 heterocycles. The minimum Gasteiger partial charge on any atom is -0.394 e. The molecule has 0 aromatic carbocycles. The maximum atomic E-state index is 11.2. The van der Waals surface area contributed by atoms with Gasteiger partial charge in [-0.15, -0.1) is 0 Å². The number of anilines is 1. The van der Waals surface area contributed by atoms with Crippen molar-refractivity contribution < 1.29 is 24.1 Å². The Balaban J connectivity index is 1.94. The van der Waals surface area contributed by atoms with Crippen LogP contribution >= 0.6 is 0 Å². The number of amides is 1. The number of carbonyl (C=O) groups excluding carboxylic acids is 1. The van der Waals surface area contributed by atoms with Gasteiger partial charge in [0.25, 0.3) is 5.91 Å². The van der Waals surface area contributed by atoms with E-state index in [1.54, 1.807) is 13.8 Å². The van der Waals surface area contributed by atoms with E-state index in [-0.39, 0.29) is 18.1 Å². The predicted molar refractivity (Wildman–Crippen MR) is 70.0 cm³/mol. The van der Waals surface area contributed by atoms with Crippen molar-refractivity contribution in [3.63, 3.8) is 0 Å². The summed E-state index contributed by atoms with van der Waals surface area (Å²) < 4.78 is 18.8. The van der Waals surface area contributed by atoms with Gasteiger partial charge in [0, 0.05) is 0 Å². The van der Waals surface area contributed by atoms with E-state index < -0.39 is 36.2 Å². The van der Waals surface area contributed by atoms with Crippen molar-refractivity contribution in [2.45, 2.75) is 44.2 Å². The molecule has 3 rings (SSSR count). The van der Waals surface area contributed by atoms with Gasteiger partial charge in [0.2, 0.25) is 0 Å². The maximum absolute atomic E-state index is 11.2. The molecule has 0 saturated carbocycles. The van der Waals surface area contributed by atoms with E-state index in [1.165, 1.54) is 10.9 Å². The Bertz CT molecular complexity index is 572. The van der Waals surface area contributed by atoms with Crippen LogP contribution in [-0.4, -0.2) is 51.3 Å². The summed E-state index contributed by atoms with van der Waals surface area (Å²) in [5.41, 5.74) is 11.1. The number of rotatable bonds is 3. The molecular formula is C12H18N4O5. The Labute approximate surface area is 120 Å². The van der Waals surface area contributed by atoms with Crippen molar-refractivity contribution in [2.24, 2.45) is 5.73 Å². The fourth-order valence-corrected chi connectivity index (χ4v) is 2.79. The van der Waals surface area contributed by atoms with Crippen LogP contribution in [0.5, 0.6) is 0 Å². The average Bonchev–Trinajstić information content (AvgIpc) is 3.00. The van der Waals surface area contributed by atoms with E-state index in [0.29, 0.717) is 0 Å². The molecule has 1 aromatic heterocycles. The van der Waals surface area contributed by atoms with Crippen molar-refractivity contribution in [2.75, 3.05) is 12.3 Å². The molecule has 2 fully saturated rings. The number of hydrogen-bond donors (Lipinski definition) is 3. The number of nitrogens with two attached hydrogens (primary N) is 2. The van der Waals surface area contributed by atoms with Crippen LogP contribution in [0.25, 0.3) is 0 Å². The van der Waals surface area contributed by atoms with Gasteiger partial charge in [-0.3, -0.25) is 9.36 Å². The monoisotopic (exact) mass is 298 g/mol. The highest BCUT2D eigenvalue weighted by molar-refractivity contribution is 5.95. The molecule has 0 bridgehead atoms. The molecule has 0 aliphatic carbocycles. The molecule has 1 unspecified atom stereocenters. The second-order valence-corrected chi connectivity index (χ2v) is 5.56. The van der Waals surface area contributed by atoms with Gasteiger partial charge in [-0.25, -0.2) is 4.98 Å². The summed E-state index contributed by atoms with van der Waals surface area (Å²) in [6.07, 6.45) is -0.704. The molecule has 0 spiro atoms. The first-order valence-corrected chi connectivity index (χ1v) is 6.58. The van der Waals surface area contributed by atoms with Gasteiger partial charge < -0.3 is 30.8 Å². The summed E-state index contributed by atoms with van der Waals surface area (Å²) in [5, 5.41) is 9.42. The van der Waals surface area contributed by atoms with E-state index in [9.17, 15) is 9.90 Å². The molecule has 116 valence electrons. The zero-order valence-corrected chi connectivity index (χ0v) is 11.7. The standard InChI is InChI=1S/C12H18N4O5/c1-12(2)20-7-5(3-17)19-11(8(7)21-12)16-4-15-6(9(16)13)10(14)18/h4-5,7-8,11,17H,3,13H2,1-2H3,(H2,14,18)/t5-,7+,8?,11-/m1/s1. The molecular weight excluding hydrogens is 280 g/mol. The molecule has 9 heteroatoms. The Morgan fingerprint density at radius 3 is 2.71 bits per heavy atom. The second-order valence-electron chi connectivity index (χ2n) is 5.56. The van der Waals surface area contributed by atoms with Gasteiger partial charge in [-0.1, -0.05) is 0 Å². The normalized spacial score (nSPS) is 34.0. The number of hydrogen-bond acceptors (Lipinski definition) is 7. The van der Waals surface area contributed by atoms with Crippen LogP contribution in [-0.2, 0) is 14.2 Å². The zero-order chi connectivity index (χ0) is 15.4. The third-order valence-corrected chi connectivity index (χ3v) is 3.64. The second kappa shape index (κ2) is 4.67. The lowest BCUT2D eigenvalue weighted by molar-refractivity contribution is -0.199. The van der Waals surface area contributed by atoms with E-state index in [2.05, 4.69) is 4.98 Å². The highest BCUT2D eigenvalue weighted by Crippen LogP contribution is 2.43. The van der Waals surface area contributed by atoms with E-state index >= 15 is 0 Å². The van der Waals surface area contributed by atoms with Crippen molar-refractivity contribution in [1.29, 1.82) is 0 Å². The topological polar surface area (TPSA) is 135 Å². The quantitative estimate of drug-likeness (QED) is 0.649. The van der Waals surface area contributed by atoms with Crippen LogP contribution in [0.15, 0.2) is 6.33 Å². The maximum Gasteiger partial charge on any atom is 0.271 e. The van der Waals surface area contributed by atoms with Gasteiger partial charge in [-0.05, 0) is 13.8 Å². The van der Waals surface area contributed by atoms with E-state index in [0.717, 1.165) is 0 Å². The fraction of sp³-hybridized carbons (Fsp3) is 0.667. The summed E-state index contributed by atoms with van der Waals surface area (Å²) in [6, 6.07) is 0. The van der Waals surface area contributed by atoms with E-state index in [1.807, 2.05) is 0 Å². The molecule has 21 heavy (non-hydrogen) atoms. The summed E-state index contributed by atoms with van der Waals surface area (Å²) in [7, 11) is 0. The van der Waals surface area contributed by atoms with Gasteiger partial charge >= 0.3 is 0 Å². The van der Waals surface area contributed by atoms with Crippen molar-refractivity contribution in [1.82, 2.24) is 9.55 Å². The van der Waals surface area contributed by atoms with Crippen molar-refractivity contribution in [3.8, 4) is 0 Å².